The Labute approximate surface area is 120 Å². The molecule has 0 aliphatic rings. The van der Waals surface area contributed by atoms with E-state index in [-0.39, 0.29) is 5.91 Å². The summed E-state index contributed by atoms with van der Waals surface area (Å²) >= 11 is 0. The number of aryl methyl sites for hydroxylation is 2. The molecule has 20 heavy (non-hydrogen) atoms. The van der Waals surface area contributed by atoms with Crippen molar-refractivity contribution in [3.63, 3.8) is 0 Å². The molecule has 1 N–H and O–H groups in total. The minimum absolute atomic E-state index is 0.128. The molecule has 0 fully saturated rings. The van der Waals surface area contributed by atoms with Gasteiger partial charge in [0, 0.05) is 31.7 Å². The second-order valence-corrected chi connectivity index (χ2v) is 4.63. The molecule has 0 aromatic carbocycles. The number of rotatable bonds is 6. The van der Waals surface area contributed by atoms with Gasteiger partial charge in [0.15, 0.2) is 0 Å². The van der Waals surface area contributed by atoms with Gasteiger partial charge >= 0.3 is 0 Å². The average Bonchev–Trinajstić information content (AvgIpc) is 2.39. The van der Waals surface area contributed by atoms with Crippen molar-refractivity contribution in [3.8, 4) is 6.07 Å². The van der Waals surface area contributed by atoms with Crippen molar-refractivity contribution >= 4 is 11.6 Å². The standard InChI is InChI=1S/C15H22N4O/c1-5-19(6-2)15(20)7-8-17-14-9-11(3)18-12(4)13(14)10-16/h9H,5-8H2,1-4H3,(H,17,18). The summed E-state index contributed by atoms with van der Waals surface area (Å²) in [6.45, 7) is 9.62. The molecule has 0 atom stereocenters. The third-order valence-corrected chi connectivity index (χ3v) is 3.21. The fourth-order valence-corrected chi connectivity index (χ4v) is 2.15. The van der Waals surface area contributed by atoms with Crippen molar-refractivity contribution < 1.29 is 4.79 Å². The smallest absolute Gasteiger partial charge is 0.224 e. The first-order valence-electron chi connectivity index (χ1n) is 6.93. The number of anilines is 1. The molecule has 0 saturated carbocycles. The molecule has 5 nitrogen and oxygen atoms in total. The minimum atomic E-state index is 0.128. The van der Waals surface area contributed by atoms with E-state index in [1.165, 1.54) is 0 Å². The number of carbonyl (C=O) groups excluding carboxylic acids is 1. The number of aromatic nitrogens is 1. The highest BCUT2D eigenvalue weighted by Gasteiger charge is 2.11. The maximum atomic E-state index is 11.9. The monoisotopic (exact) mass is 274 g/mol. The third-order valence-electron chi connectivity index (χ3n) is 3.21. The molecule has 0 radical (unpaired) electrons. The fraction of sp³-hybridized carbons (Fsp3) is 0.533. The lowest BCUT2D eigenvalue weighted by atomic mass is 10.1. The van der Waals surface area contributed by atoms with E-state index in [0.29, 0.717) is 24.2 Å². The van der Waals surface area contributed by atoms with Crippen molar-refractivity contribution in [2.75, 3.05) is 25.0 Å². The number of carbonyl (C=O) groups is 1. The second kappa shape index (κ2) is 7.49. The number of nitriles is 1. The maximum absolute atomic E-state index is 11.9. The highest BCUT2D eigenvalue weighted by atomic mass is 16.2. The van der Waals surface area contributed by atoms with Gasteiger partial charge in [-0.25, -0.2) is 0 Å². The Kier molecular flexibility index (Phi) is 5.98. The third kappa shape index (κ3) is 3.95. The molecule has 0 unspecified atom stereocenters. The molecule has 1 amide bonds. The summed E-state index contributed by atoms with van der Waals surface area (Å²) in [7, 11) is 0. The van der Waals surface area contributed by atoms with Gasteiger partial charge in [-0.05, 0) is 33.8 Å². The van der Waals surface area contributed by atoms with Gasteiger partial charge in [-0.2, -0.15) is 5.26 Å². The molecule has 1 rings (SSSR count). The van der Waals surface area contributed by atoms with E-state index >= 15 is 0 Å². The van der Waals surface area contributed by atoms with Crippen LogP contribution >= 0.6 is 0 Å². The van der Waals surface area contributed by atoms with Crippen LogP contribution in [0.2, 0.25) is 0 Å². The largest absolute Gasteiger partial charge is 0.383 e. The molecular weight excluding hydrogens is 252 g/mol. The first kappa shape index (κ1) is 16.0. The summed E-state index contributed by atoms with van der Waals surface area (Å²) in [5.74, 6) is 0.128. The Bertz CT molecular complexity index is 515. The highest BCUT2D eigenvalue weighted by molar-refractivity contribution is 5.76. The first-order valence-corrected chi connectivity index (χ1v) is 6.93. The van der Waals surface area contributed by atoms with E-state index in [4.69, 9.17) is 5.26 Å². The van der Waals surface area contributed by atoms with E-state index in [0.717, 1.165) is 24.5 Å². The summed E-state index contributed by atoms with van der Waals surface area (Å²) in [6.07, 6.45) is 0.424. The number of pyridine rings is 1. The van der Waals surface area contributed by atoms with Crippen LogP contribution in [0, 0.1) is 25.2 Å². The zero-order chi connectivity index (χ0) is 15.1. The van der Waals surface area contributed by atoms with Gasteiger partial charge in [-0.15, -0.1) is 0 Å². The van der Waals surface area contributed by atoms with Crippen molar-refractivity contribution in [2.24, 2.45) is 0 Å². The predicted molar refractivity (Wildman–Crippen MR) is 79.5 cm³/mol. The van der Waals surface area contributed by atoms with Gasteiger partial charge < -0.3 is 10.2 Å². The van der Waals surface area contributed by atoms with Gasteiger partial charge in [0.25, 0.3) is 0 Å². The van der Waals surface area contributed by atoms with Crippen LogP contribution in [0.3, 0.4) is 0 Å². The molecule has 0 spiro atoms. The van der Waals surface area contributed by atoms with Crippen LogP contribution in [-0.4, -0.2) is 35.4 Å². The second-order valence-electron chi connectivity index (χ2n) is 4.63. The quantitative estimate of drug-likeness (QED) is 0.863. The Morgan fingerprint density at radius 3 is 2.60 bits per heavy atom. The van der Waals surface area contributed by atoms with Gasteiger partial charge in [-0.3, -0.25) is 9.78 Å². The van der Waals surface area contributed by atoms with Crippen molar-refractivity contribution in [1.29, 1.82) is 5.26 Å². The zero-order valence-electron chi connectivity index (χ0n) is 12.7. The topological polar surface area (TPSA) is 69.0 Å². The van der Waals surface area contributed by atoms with E-state index in [2.05, 4.69) is 16.4 Å². The molecule has 0 aliphatic heterocycles. The molecule has 0 bridgehead atoms. The zero-order valence-corrected chi connectivity index (χ0v) is 12.7. The maximum Gasteiger partial charge on any atom is 0.224 e. The Morgan fingerprint density at radius 2 is 2.05 bits per heavy atom. The van der Waals surface area contributed by atoms with E-state index in [1.807, 2.05) is 33.8 Å². The molecule has 0 aliphatic carbocycles. The van der Waals surface area contributed by atoms with Crippen molar-refractivity contribution in [2.45, 2.75) is 34.1 Å². The minimum Gasteiger partial charge on any atom is -0.383 e. The molecular formula is C15H22N4O. The number of amides is 1. The number of hydrogen-bond donors (Lipinski definition) is 1. The van der Waals surface area contributed by atoms with Crippen LogP contribution in [0.1, 0.15) is 37.2 Å². The predicted octanol–water partition coefficient (Wildman–Crippen LogP) is 2.24. The molecule has 5 heteroatoms. The summed E-state index contributed by atoms with van der Waals surface area (Å²) in [4.78, 5) is 18.0. The van der Waals surface area contributed by atoms with E-state index in [9.17, 15) is 4.79 Å². The fourth-order valence-electron chi connectivity index (χ4n) is 2.15. The molecule has 0 saturated heterocycles. The summed E-state index contributed by atoms with van der Waals surface area (Å²) < 4.78 is 0. The lowest BCUT2D eigenvalue weighted by Crippen LogP contribution is -2.31. The molecule has 1 aromatic rings. The summed E-state index contributed by atoms with van der Waals surface area (Å²) in [6, 6.07) is 3.99. The van der Waals surface area contributed by atoms with Gasteiger partial charge in [0.1, 0.15) is 6.07 Å². The van der Waals surface area contributed by atoms with Crippen LogP contribution in [0.5, 0.6) is 0 Å². The molecule has 1 aromatic heterocycles. The lowest BCUT2D eigenvalue weighted by Gasteiger charge is -2.19. The van der Waals surface area contributed by atoms with Crippen LogP contribution in [0.4, 0.5) is 5.69 Å². The van der Waals surface area contributed by atoms with Gasteiger partial charge in [0.05, 0.1) is 16.9 Å². The average molecular weight is 274 g/mol. The summed E-state index contributed by atoms with van der Waals surface area (Å²) in [5.41, 5.74) is 2.87. The SMILES string of the molecule is CCN(CC)C(=O)CCNc1cc(C)nc(C)c1C#N. The van der Waals surface area contributed by atoms with Crippen LogP contribution < -0.4 is 5.32 Å². The summed E-state index contributed by atoms with van der Waals surface area (Å²) in [5, 5.41) is 12.3. The normalized spacial score (nSPS) is 9.95. The lowest BCUT2D eigenvalue weighted by molar-refractivity contribution is -0.130. The van der Waals surface area contributed by atoms with Crippen LogP contribution in [-0.2, 0) is 4.79 Å². The molecule has 108 valence electrons. The Morgan fingerprint density at radius 1 is 1.40 bits per heavy atom. The van der Waals surface area contributed by atoms with Gasteiger partial charge in [0.2, 0.25) is 5.91 Å². The molecule has 1 heterocycles. The Balaban J connectivity index is 2.67. The number of nitrogens with zero attached hydrogens (tertiary/aromatic N) is 3. The highest BCUT2D eigenvalue weighted by Crippen LogP contribution is 2.18. The Hall–Kier alpha value is -2.09. The number of nitrogens with one attached hydrogen (secondary N) is 1. The number of hydrogen-bond acceptors (Lipinski definition) is 4. The van der Waals surface area contributed by atoms with E-state index < -0.39 is 0 Å². The van der Waals surface area contributed by atoms with Crippen molar-refractivity contribution in [1.82, 2.24) is 9.88 Å². The van der Waals surface area contributed by atoms with Gasteiger partial charge in [-0.1, -0.05) is 0 Å². The van der Waals surface area contributed by atoms with Crippen LogP contribution in [0.15, 0.2) is 6.07 Å². The van der Waals surface area contributed by atoms with Crippen molar-refractivity contribution in [3.05, 3.63) is 23.0 Å². The van der Waals surface area contributed by atoms with E-state index in [1.54, 1.807) is 4.90 Å². The first-order chi connectivity index (χ1) is 9.53. The van der Waals surface area contributed by atoms with Crippen LogP contribution in [0.25, 0.3) is 0 Å².